The number of benzene rings is 1. The molecule has 2 rings (SSSR count). The lowest BCUT2D eigenvalue weighted by Crippen LogP contribution is -2.23. The van der Waals surface area contributed by atoms with Crippen molar-refractivity contribution in [3.8, 4) is 10.6 Å². The van der Waals surface area contributed by atoms with Crippen LogP contribution in [0, 0.1) is 0 Å². The highest BCUT2D eigenvalue weighted by Crippen LogP contribution is 2.22. The van der Waals surface area contributed by atoms with Gasteiger partial charge in [0.15, 0.2) is 0 Å². The van der Waals surface area contributed by atoms with Crippen molar-refractivity contribution in [2.75, 3.05) is 6.54 Å². The minimum Gasteiger partial charge on any atom is -0.349 e. The first-order valence-corrected chi connectivity index (χ1v) is 6.08. The second kappa shape index (κ2) is 5.41. The number of nitrogens with zero attached hydrogens (tertiary/aromatic N) is 1. The summed E-state index contributed by atoms with van der Waals surface area (Å²) in [4.78, 5) is 16.0. The molecule has 86 valence electrons. The van der Waals surface area contributed by atoms with Crippen molar-refractivity contribution < 1.29 is 4.79 Å². The second-order valence-electron chi connectivity index (χ2n) is 3.42. The van der Waals surface area contributed by atoms with E-state index in [-0.39, 0.29) is 5.91 Å². The summed E-state index contributed by atoms with van der Waals surface area (Å²) >= 11 is 1.56. The number of amides is 1. The molecule has 3 nitrogen and oxygen atoms in total. The Bertz CT molecular complexity index is 520. The van der Waals surface area contributed by atoms with Crippen LogP contribution in [-0.2, 0) is 0 Å². The van der Waals surface area contributed by atoms with Crippen molar-refractivity contribution in [2.24, 2.45) is 0 Å². The van der Waals surface area contributed by atoms with E-state index in [4.69, 9.17) is 0 Å². The van der Waals surface area contributed by atoms with Gasteiger partial charge in [-0.1, -0.05) is 18.2 Å². The summed E-state index contributed by atoms with van der Waals surface area (Å²) in [7, 11) is 0. The van der Waals surface area contributed by atoms with Crippen LogP contribution in [0.2, 0.25) is 0 Å². The lowest BCUT2D eigenvalue weighted by molar-refractivity contribution is 0.0958. The highest BCUT2D eigenvalue weighted by atomic mass is 32.1. The lowest BCUT2D eigenvalue weighted by Gasteiger charge is -2.03. The van der Waals surface area contributed by atoms with Crippen LogP contribution in [0.1, 0.15) is 10.4 Å². The number of carbonyl (C=O) groups is 1. The van der Waals surface area contributed by atoms with Gasteiger partial charge >= 0.3 is 0 Å². The van der Waals surface area contributed by atoms with Crippen LogP contribution in [0.15, 0.2) is 48.5 Å². The summed E-state index contributed by atoms with van der Waals surface area (Å²) in [6.07, 6.45) is 3.41. The largest absolute Gasteiger partial charge is 0.349 e. The van der Waals surface area contributed by atoms with Gasteiger partial charge < -0.3 is 5.32 Å². The van der Waals surface area contributed by atoms with E-state index in [1.54, 1.807) is 29.7 Å². The van der Waals surface area contributed by atoms with E-state index in [2.05, 4.69) is 16.9 Å². The van der Waals surface area contributed by atoms with Crippen LogP contribution >= 0.6 is 11.3 Å². The molecule has 0 bridgehead atoms. The first kappa shape index (κ1) is 11.5. The van der Waals surface area contributed by atoms with E-state index in [9.17, 15) is 4.79 Å². The van der Waals surface area contributed by atoms with Gasteiger partial charge in [0.1, 0.15) is 5.01 Å². The molecule has 0 fully saturated rings. The predicted octanol–water partition coefficient (Wildman–Crippen LogP) is 2.73. The maximum atomic E-state index is 11.7. The van der Waals surface area contributed by atoms with Crippen LogP contribution in [0.5, 0.6) is 0 Å². The van der Waals surface area contributed by atoms with Gasteiger partial charge in [0.05, 0.1) is 0 Å². The third-order valence-corrected chi connectivity index (χ3v) is 3.03. The third kappa shape index (κ3) is 2.79. The number of hydrogen-bond donors (Lipinski definition) is 1. The van der Waals surface area contributed by atoms with E-state index < -0.39 is 0 Å². The van der Waals surface area contributed by atoms with Gasteiger partial charge in [-0.2, -0.15) is 0 Å². The van der Waals surface area contributed by atoms with Crippen LogP contribution in [0.3, 0.4) is 0 Å². The van der Waals surface area contributed by atoms with Crippen LogP contribution < -0.4 is 5.32 Å². The lowest BCUT2D eigenvalue weighted by atomic mass is 10.1. The molecule has 2 aromatic rings. The van der Waals surface area contributed by atoms with Crippen molar-refractivity contribution in [3.63, 3.8) is 0 Å². The molecule has 17 heavy (non-hydrogen) atoms. The maximum Gasteiger partial charge on any atom is 0.251 e. The van der Waals surface area contributed by atoms with Gasteiger partial charge in [0.25, 0.3) is 5.91 Å². The SMILES string of the molecule is C=CCNC(=O)c1cccc(-c2nccs2)c1. The number of nitrogens with one attached hydrogen (secondary N) is 1. The third-order valence-electron chi connectivity index (χ3n) is 2.21. The molecular formula is C13H12N2OS. The van der Waals surface area contributed by atoms with Crippen molar-refractivity contribution in [3.05, 3.63) is 54.1 Å². The van der Waals surface area contributed by atoms with Crippen LogP contribution in [0.4, 0.5) is 0 Å². The first-order valence-electron chi connectivity index (χ1n) is 5.20. The van der Waals surface area contributed by atoms with E-state index in [0.29, 0.717) is 12.1 Å². The van der Waals surface area contributed by atoms with Gasteiger partial charge in [-0.25, -0.2) is 4.98 Å². The molecule has 0 saturated heterocycles. The van der Waals surface area contributed by atoms with Gasteiger partial charge in [-0.05, 0) is 12.1 Å². The average molecular weight is 244 g/mol. The molecule has 0 aliphatic rings. The number of thiazole rings is 1. The standard InChI is InChI=1S/C13H12N2OS/c1-2-6-14-12(16)10-4-3-5-11(9-10)13-15-7-8-17-13/h2-5,7-9H,1,6H2,(H,14,16). The van der Waals surface area contributed by atoms with Crippen molar-refractivity contribution >= 4 is 17.2 Å². The smallest absolute Gasteiger partial charge is 0.251 e. The number of carbonyl (C=O) groups excluding carboxylic acids is 1. The quantitative estimate of drug-likeness (QED) is 0.840. The Morgan fingerprint density at radius 1 is 1.53 bits per heavy atom. The van der Waals surface area contributed by atoms with E-state index in [1.807, 2.05) is 23.6 Å². The zero-order chi connectivity index (χ0) is 12.1. The highest BCUT2D eigenvalue weighted by molar-refractivity contribution is 7.13. The molecule has 1 heterocycles. The zero-order valence-corrected chi connectivity index (χ0v) is 10.0. The summed E-state index contributed by atoms with van der Waals surface area (Å²) in [6.45, 7) is 4.03. The van der Waals surface area contributed by atoms with Gasteiger partial charge in [-0.15, -0.1) is 17.9 Å². The minimum absolute atomic E-state index is 0.0942. The molecule has 0 saturated carbocycles. The Labute approximate surface area is 104 Å². The molecule has 0 spiro atoms. The Morgan fingerprint density at radius 2 is 2.41 bits per heavy atom. The normalized spacial score (nSPS) is 9.88. The van der Waals surface area contributed by atoms with E-state index >= 15 is 0 Å². The topological polar surface area (TPSA) is 42.0 Å². The van der Waals surface area contributed by atoms with Crippen molar-refractivity contribution in [1.82, 2.24) is 10.3 Å². The van der Waals surface area contributed by atoms with Crippen molar-refractivity contribution in [2.45, 2.75) is 0 Å². The predicted molar refractivity (Wildman–Crippen MR) is 70.1 cm³/mol. The molecule has 1 N–H and O–H groups in total. The Hall–Kier alpha value is -1.94. The highest BCUT2D eigenvalue weighted by Gasteiger charge is 2.06. The number of hydrogen-bond acceptors (Lipinski definition) is 3. The van der Waals surface area contributed by atoms with Gasteiger partial charge in [0, 0.05) is 29.2 Å². The minimum atomic E-state index is -0.0942. The Balaban J connectivity index is 2.22. The second-order valence-corrected chi connectivity index (χ2v) is 4.31. The Morgan fingerprint density at radius 3 is 3.12 bits per heavy atom. The fourth-order valence-electron chi connectivity index (χ4n) is 1.43. The number of aromatic nitrogens is 1. The molecule has 0 atom stereocenters. The van der Waals surface area contributed by atoms with E-state index in [1.165, 1.54) is 0 Å². The average Bonchev–Trinajstić information content (AvgIpc) is 2.90. The summed E-state index contributed by atoms with van der Waals surface area (Å²) < 4.78 is 0. The summed E-state index contributed by atoms with van der Waals surface area (Å²) in [5.74, 6) is -0.0942. The molecule has 1 amide bonds. The fourth-order valence-corrected chi connectivity index (χ4v) is 2.06. The van der Waals surface area contributed by atoms with Gasteiger partial charge in [0.2, 0.25) is 0 Å². The molecule has 0 aliphatic heterocycles. The van der Waals surface area contributed by atoms with Gasteiger partial charge in [-0.3, -0.25) is 4.79 Å². The maximum absolute atomic E-state index is 11.7. The molecule has 0 unspecified atom stereocenters. The first-order chi connectivity index (χ1) is 8.31. The molecular weight excluding hydrogens is 232 g/mol. The van der Waals surface area contributed by atoms with E-state index in [0.717, 1.165) is 10.6 Å². The summed E-state index contributed by atoms with van der Waals surface area (Å²) in [5.41, 5.74) is 1.60. The summed E-state index contributed by atoms with van der Waals surface area (Å²) in [6, 6.07) is 7.44. The molecule has 1 aromatic heterocycles. The molecule has 0 aliphatic carbocycles. The molecule has 4 heteroatoms. The van der Waals surface area contributed by atoms with Crippen molar-refractivity contribution in [1.29, 1.82) is 0 Å². The summed E-state index contributed by atoms with van der Waals surface area (Å²) in [5, 5.41) is 5.58. The Kier molecular flexibility index (Phi) is 3.67. The molecule has 0 radical (unpaired) electrons. The molecule has 1 aromatic carbocycles. The number of rotatable bonds is 4. The fraction of sp³-hybridized carbons (Fsp3) is 0.0769. The zero-order valence-electron chi connectivity index (χ0n) is 9.22. The van der Waals surface area contributed by atoms with Crippen LogP contribution in [0.25, 0.3) is 10.6 Å². The van der Waals surface area contributed by atoms with Crippen LogP contribution in [-0.4, -0.2) is 17.4 Å². The monoisotopic (exact) mass is 244 g/mol.